The van der Waals surface area contributed by atoms with Crippen LogP contribution in [0.2, 0.25) is 118 Å². The molecule has 0 aliphatic carbocycles. The van der Waals surface area contributed by atoms with Crippen LogP contribution in [0.1, 0.15) is 117 Å². The molecule has 2 aromatic rings. The second-order valence-corrected chi connectivity index (χ2v) is 63.0. The van der Waals surface area contributed by atoms with Gasteiger partial charge in [0.15, 0.2) is 0 Å². The molecule has 0 bridgehead atoms. The molecule has 0 saturated carbocycles. The molecule has 0 radical (unpaired) electrons. The molecule has 0 aromatic heterocycles. The van der Waals surface area contributed by atoms with E-state index < -0.39 is 48.4 Å². The van der Waals surface area contributed by atoms with Gasteiger partial charge in [0.05, 0.1) is 0 Å². The number of nitrogens with zero attached hydrogens (tertiary/aromatic N) is 1. The van der Waals surface area contributed by atoms with Crippen LogP contribution < -0.4 is 5.46 Å². The van der Waals surface area contributed by atoms with Crippen LogP contribution in [0.15, 0.2) is 29.4 Å². The molecule has 0 spiro atoms. The number of oxime groups is 1. The first kappa shape index (κ1) is 50.2. The van der Waals surface area contributed by atoms with E-state index in [1.54, 1.807) is 22.2 Å². The molecule has 0 saturated heterocycles. The zero-order valence-corrected chi connectivity index (χ0v) is 49.6. The topological polar surface area (TPSA) is 21.6 Å². The quantitative estimate of drug-likeness (QED) is 0.206. The van der Waals surface area contributed by atoms with Crippen LogP contribution in [0.5, 0.6) is 0 Å². The molecular weight excluding hydrogens is 841 g/mol. The first-order valence-corrected chi connectivity index (χ1v) is 45.1. The Kier molecular flexibility index (Phi) is 14.3. The molecule has 10 heteroatoms. The molecule has 2 nitrogen and oxygen atoms in total. The van der Waals surface area contributed by atoms with Crippen LogP contribution in [0.4, 0.5) is 0 Å². The average molecular weight is 930 g/mol. The van der Waals surface area contributed by atoms with Gasteiger partial charge in [0.2, 0.25) is 0 Å². The Hall–Kier alpha value is -0.204. The minimum atomic E-state index is -1.70. The summed E-state index contributed by atoms with van der Waals surface area (Å²) in [4.78, 5) is 0. The molecular formula is C46H88BNOSeSi6. The third-order valence-electron chi connectivity index (χ3n) is 11.9. The van der Waals surface area contributed by atoms with Crippen molar-refractivity contribution in [1.29, 1.82) is 0 Å². The summed E-state index contributed by atoms with van der Waals surface area (Å²) in [5.74, 6) is 0. The van der Waals surface area contributed by atoms with E-state index in [0.717, 1.165) is 0 Å². The SMILES string of the molecule is CC(C)(C)c1cc(C(C)(C)C)c(C2=NOB(c3c(C([Si](C)(C)C)[Si](C)(C)C)cc(C([Si](C)(C)C)[Si](C)(C)C)cc3C([Si](C)(C)C)[Si](C)(C)C)[Se]2)c(C(C)(C)C)c1. The van der Waals surface area contributed by atoms with Gasteiger partial charge in [-0.1, -0.05) is 0 Å². The maximum absolute atomic E-state index is 7.10. The van der Waals surface area contributed by atoms with Crippen molar-refractivity contribution in [1.82, 2.24) is 0 Å². The van der Waals surface area contributed by atoms with Gasteiger partial charge in [-0.25, -0.2) is 0 Å². The first-order chi connectivity index (χ1) is 24.5. The Morgan fingerprint density at radius 1 is 0.482 bits per heavy atom. The van der Waals surface area contributed by atoms with E-state index in [9.17, 15) is 0 Å². The van der Waals surface area contributed by atoms with E-state index in [2.05, 4.69) is 204 Å². The Morgan fingerprint density at radius 2 is 0.804 bits per heavy atom. The second-order valence-electron chi connectivity index (χ2n) is 27.3. The number of hydrogen-bond donors (Lipinski definition) is 0. The van der Waals surface area contributed by atoms with E-state index in [-0.39, 0.29) is 36.8 Å². The molecule has 0 amide bonds. The fourth-order valence-electron chi connectivity index (χ4n) is 11.3. The van der Waals surface area contributed by atoms with Crippen LogP contribution in [0, 0.1) is 0 Å². The van der Waals surface area contributed by atoms with E-state index >= 15 is 0 Å². The average Bonchev–Trinajstić information content (AvgIpc) is 3.35. The molecule has 2 aromatic carbocycles. The van der Waals surface area contributed by atoms with Gasteiger partial charge in [-0.2, -0.15) is 0 Å². The number of rotatable bonds is 11. The van der Waals surface area contributed by atoms with Crippen molar-refractivity contribution < 1.29 is 4.76 Å². The first-order valence-electron chi connectivity index (χ1n) is 21.8. The fourth-order valence-corrected chi connectivity index (χ4v) is 51.9. The molecule has 1 heterocycles. The summed E-state index contributed by atoms with van der Waals surface area (Å²) < 4.78 is 8.32. The van der Waals surface area contributed by atoms with Gasteiger partial charge in [-0.15, -0.1) is 0 Å². The maximum atomic E-state index is 7.10. The third-order valence-corrected chi connectivity index (χ3v) is 42.0. The van der Waals surface area contributed by atoms with Crippen molar-refractivity contribution in [3.63, 3.8) is 0 Å². The Balaban J connectivity index is 2.64. The molecule has 56 heavy (non-hydrogen) atoms. The monoisotopic (exact) mass is 929 g/mol. The van der Waals surface area contributed by atoms with Gasteiger partial charge in [-0.3, -0.25) is 0 Å². The summed E-state index contributed by atoms with van der Waals surface area (Å²) in [5.41, 5.74) is 12.3. The van der Waals surface area contributed by atoms with Crippen molar-refractivity contribution in [3.05, 3.63) is 63.2 Å². The normalized spacial score (nSPS) is 16.0. The summed E-state index contributed by atoms with van der Waals surface area (Å²) in [6.07, 6.45) is 0. The van der Waals surface area contributed by atoms with E-state index in [4.69, 9.17) is 9.91 Å². The van der Waals surface area contributed by atoms with E-state index in [1.165, 1.54) is 26.9 Å². The predicted molar refractivity (Wildman–Crippen MR) is 276 cm³/mol. The van der Waals surface area contributed by atoms with Crippen LogP contribution in [-0.4, -0.2) is 73.6 Å². The summed E-state index contributed by atoms with van der Waals surface area (Å²) >= 11 is 0.0120. The molecule has 0 fully saturated rings. The second kappa shape index (κ2) is 15.9. The third kappa shape index (κ3) is 11.4. The van der Waals surface area contributed by atoms with Gasteiger partial charge in [-0.05, 0) is 0 Å². The predicted octanol–water partition coefficient (Wildman–Crippen LogP) is 13.9. The molecule has 3 rings (SSSR count). The fraction of sp³-hybridized carbons (Fsp3) is 0.717. The number of hydrogen-bond acceptors (Lipinski definition) is 2. The van der Waals surface area contributed by atoms with Crippen molar-refractivity contribution in [3.8, 4) is 0 Å². The van der Waals surface area contributed by atoms with E-state index in [0.29, 0.717) is 15.5 Å². The summed E-state index contributed by atoms with van der Waals surface area (Å²) in [6.45, 7) is 69.4. The summed E-state index contributed by atoms with van der Waals surface area (Å²) in [5, 5.41) is 7.24. The Bertz CT molecular complexity index is 1650. The molecule has 0 N–H and O–H groups in total. The Morgan fingerprint density at radius 3 is 1.07 bits per heavy atom. The van der Waals surface area contributed by atoms with Gasteiger partial charge in [0, 0.05) is 0 Å². The van der Waals surface area contributed by atoms with Gasteiger partial charge < -0.3 is 0 Å². The van der Waals surface area contributed by atoms with Crippen LogP contribution in [0.25, 0.3) is 0 Å². The zero-order valence-electron chi connectivity index (χ0n) is 41.9. The van der Waals surface area contributed by atoms with Crippen molar-refractivity contribution in [2.75, 3.05) is 0 Å². The van der Waals surface area contributed by atoms with E-state index in [1.807, 2.05) is 0 Å². The van der Waals surface area contributed by atoms with Crippen LogP contribution in [0.3, 0.4) is 0 Å². The van der Waals surface area contributed by atoms with Gasteiger partial charge >= 0.3 is 364 Å². The Labute approximate surface area is 361 Å². The van der Waals surface area contributed by atoms with Crippen molar-refractivity contribution in [2.45, 2.75) is 212 Å². The van der Waals surface area contributed by atoms with Crippen LogP contribution >= 0.6 is 0 Å². The zero-order chi connectivity index (χ0) is 44.0. The van der Waals surface area contributed by atoms with Crippen LogP contribution in [-0.2, 0) is 21.0 Å². The molecule has 1 aliphatic rings. The van der Waals surface area contributed by atoms with Crippen molar-refractivity contribution >= 4 is 79.0 Å². The molecule has 0 atom stereocenters. The van der Waals surface area contributed by atoms with Gasteiger partial charge in [0.1, 0.15) is 0 Å². The number of benzene rings is 2. The summed E-state index contributed by atoms with van der Waals surface area (Å²) in [7, 11) is -9.94. The molecule has 1 aliphatic heterocycles. The minimum absolute atomic E-state index is 0.0120. The van der Waals surface area contributed by atoms with Crippen molar-refractivity contribution in [2.24, 2.45) is 5.16 Å². The molecule has 316 valence electrons. The van der Waals surface area contributed by atoms with Gasteiger partial charge in [0.25, 0.3) is 0 Å². The molecule has 0 unspecified atom stereocenters. The standard InChI is InChI=1S/C46H88BNOSeSi6/c1-44(2,3)33-30-36(45(4,5)6)38(37(31-33)46(7,8)9)40-48-49-47(50-40)39-34(42(53(16,17)18)54(19,20)21)28-32(41(51(10,11)12)52(13,14)15)29-35(39)43(55(22,23)24)56(25,26)27/h28-31,41-43H,1-27H3. The summed E-state index contributed by atoms with van der Waals surface area (Å²) in [6, 6.07) is 10.7.